The molecule has 104 valence electrons. The maximum Gasteiger partial charge on any atom is 0.313 e. The van der Waals surface area contributed by atoms with Crippen LogP contribution in [0.1, 0.15) is 24.8 Å². The fourth-order valence-electron chi connectivity index (χ4n) is 2.55. The fraction of sp³-hybridized carbons (Fsp3) is 0.533. The molecule has 19 heavy (non-hydrogen) atoms. The second kappa shape index (κ2) is 5.70. The highest BCUT2D eigenvalue weighted by molar-refractivity contribution is 5.77. The van der Waals surface area contributed by atoms with Crippen LogP contribution in [0.5, 0.6) is 0 Å². The standard InChI is InChI=1S/C15H20FNO2/c1-19-14(18)15(10-17,8-11-2-3-11)9-12-4-6-13(16)7-5-12/h4-7,11H,2-3,8-10,17H2,1H3. The Morgan fingerprint density at radius 2 is 2.05 bits per heavy atom. The van der Waals surface area contributed by atoms with Crippen molar-refractivity contribution in [2.24, 2.45) is 17.1 Å². The Morgan fingerprint density at radius 1 is 1.42 bits per heavy atom. The third-order valence-electron chi connectivity index (χ3n) is 3.84. The van der Waals surface area contributed by atoms with E-state index in [9.17, 15) is 9.18 Å². The lowest BCUT2D eigenvalue weighted by atomic mass is 9.77. The molecule has 0 spiro atoms. The van der Waals surface area contributed by atoms with Crippen molar-refractivity contribution in [2.75, 3.05) is 13.7 Å². The number of benzene rings is 1. The van der Waals surface area contributed by atoms with Crippen LogP contribution in [0.3, 0.4) is 0 Å². The summed E-state index contributed by atoms with van der Waals surface area (Å²) in [6.45, 7) is 0.257. The molecule has 1 saturated carbocycles. The van der Waals surface area contributed by atoms with Gasteiger partial charge in [0.2, 0.25) is 0 Å². The van der Waals surface area contributed by atoms with Gasteiger partial charge >= 0.3 is 5.97 Å². The van der Waals surface area contributed by atoms with Gasteiger partial charge < -0.3 is 10.5 Å². The summed E-state index contributed by atoms with van der Waals surface area (Å²) in [6.07, 6.45) is 3.57. The van der Waals surface area contributed by atoms with E-state index in [2.05, 4.69) is 0 Å². The lowest BCUT2D eigenvalue weighted by molar-refractivity contribution is -0.153. The average Bonchev–Trinajstić information content (AvgIpc) is 3.23. The first kappa shape index (κ1) is 14.0. The molecule has 3 nitrogen and oxygen atoms in total. The van der Waals surface area contributed by atoms with Gasteiger partial charge in [0.05, 0.1) is 12.5 Å². The van der Waals surface area contributed by atoms with Gasteiger partial charge in [0, 0.05) is 6.54 Å². The molecule has 2 rings (SSSR count). The molecule has 1 fully saturated rings. The Hall–Kier alpha value is -1.42. The van der Waals surface area contributed by atoms with Gasteiger partial charge in [-0.1, -0.05) is 25.0 Å². The van der Waals surface area contributed by atoms with Crippen molar-refractivity contribution in [2.45, 2.75) is 25.7 Å². The predicted molar refractivity (Wildman–Crippen MR) is 70.9 cm³/mol. The van der Waals surface area contributed by atoms with Crippen LogP contribution in [0.25, 0.3) is 0 Å². The molecule has 1 atom stereocenters. The minimum Gasteiger partial charge on any atom is -0.469 e. The number of ether oxygens (including phenoxy) is 1. The molecule has 2 N–H and O–H groups in total. The van der Waals surface area contributed by atoms with Gasteiger partial charge in [-0.2, -0.15) is 0 Å². The van der Waals surface area contributed by atoms with Crippen molar-refractivity contribution < 1.29 is 13.9 Å². The van der Waals surface area contributed by atoms with Gasteiger partial charge in [-0.3, -0.25) is 4.79 Å². The first-order valence-corrected chi connectivity index (χ1v) is 6.62. The molecule has 1 aromatic carbocycles. The van der Waals surface area contributed by atoms with E-state index < -0.39 is 5.41 Å². The van der Waals surface area contributed by atoms with Gasteiger partial charge in [0.25, 0.3) is 0 Å². The summed E-state index contributed by atoms with van der Waals surface area (Å²) < 4.78 is 17.9. The minimum absolute atomic E-state index is 0.257. The lowest BCUT2D eigenvalue weighted by Gasteiger charge is -2.29. The molecule has 0 bridgehead atoms. The first-order chi connectivity index (χ1) is 9.09. The monoisotopic (exact) mass is 265 g/mol. The molecule has 4 heteroatoms. The van der Waals surface area contributed by atoms with Crippen LogP contribution in [-0.2, 0) is 16.0 Å². The largest absolute Gasteiger partial charge is 0.469 e. The summed E-state index contributed by atoms with van der Waals surface area (Å²) in [5.74, 6) is 0.0386. The van der Waals surface area contributed by atoms with Crippen LogP contribution in [-0.4, -0.2) is 19.6 Å². The number of nitrogens with two attached hydrogens (primary N) is 1. The number of methoxy groups -OCH3 is 1. The van der Waals surface area contributed by atoms with Crippen molar-refractivity contribution in [1.29, 1.82) is 0 Å². The smallest absolute Gasteiger partial charge is 0.313 e. The summed E-state index contributed by atoms with van der Waals surface area (Å²) >= 11 is 0. The molecule has 1 unspecified atom stereocenters. The Labute approximate surface area is 112 Å². The Morgan fingerprint density at radius 3 is 2.53 bits per heavy atom. The molecule has 1 aliphatic rings. The first-order valence-electron chi connectivity index (χ1n) is 6.62. The van der Waals surface area contributed by atoms with Crippen LogP contribution in [0.2, 0.25) is 0 Å². The van der Waals surface area contributed by atoms with Crippen molar-refractivity contribution in [3.8, 4) is 0 Å². The topological polar surface area (TPSA) is 52.3 Å². The summed E-state index contributed by atoms with van der Waals surface area (Å²) in [5.41, 5.74) is 6.11. The third kappa shape index (κ3) is 3.32. The molecule has 0 saturated heterocycles. The quantitative estimate of drug-likeness (QED) is 0.803. The number of carbonyl (C=O) groups is 1. The highest BCUT2D eigenvalue weighted by Crippen LogP contribution is 2.42. The van der Waals surface area contributed by atoms with E-state index >= 15 is 0 Å². The number of esters is 1. The van der Waals surface area contributed by atoms with E-state index in [1.807, 2.05) is 0 Å². The Bertz CT molecular complexity index is 442. The van der Waals surface area contributed by atoms with Crippen LogP contribution in [0.15, 0.2) is 24.3 Å². The van der Waals surface area contributed by atoms with Gasteiger partial charge in [-0.15, -0.1) is 0 Å². The summed E-state index contributed by atoms with van der Waals surface area (Å²) in [4.78, 5) is 12.1. The molecule has 0 heterocycles. The third-order valence-corrected chi connectivity index (χ3v) is 3.84. The SMILES string of the molecule is COC(=O)C(CN)(Cc1ccc(F)cc1)CC1CC1. The second-order valence-electron chi connectivity index (χ2n) is 5.43. The Balaban J connectivity index is 2.20. The maximum atomic E-state index is 12.9. The van der Waals surface area contributed by atoms with Crippen molar-refractivity contribution in [1.82, 2.24) is 0 Å². The maximum absolute atomic E-state index is 12.9. The van der Waals surface area contributed by atoms with E-state index in [0.29, 0.717) is 12.3 Å². The van der Waals surface area contributed by atoms with Crippen LogP contribution >= 0.6 is 0 Å². The summed E-state index contributed by atoms with van der Waals surface area (Å²) in [7, 11) is 1.39. The van der Waals surface area contributed by atoms with Crippen molar-refractivity contribution in [3.05, 3.63) is 35.6 Å². The van der Waals surface area contributed by atoms with Crippen molar-refractivity contribution >= 4 is 5.97 Å². The highest BCUT2D eigenvalue weighted by Gasteiger charge is 2.43. The van der Waals surface area contributed by atoms with E-state index in [4.69, 9.17) is 10.5 Å². The summed E-state index contributed by atoms with van der Waals surface area (Å²) in [5, 5.41) is 0. The van der Waals surface area contributed by atoms with Gasteiger partial charge in [0.15, 0.2) is 0 Å². The van der Waals surface area contributed by atoms with Gasteiger partial charge in [-0.25, -0.2) is 4.39 Å². The molecular weight excluding hydrogens is 245 g/mol. The molecule has 1 aromatic rings. The lowest BCUT2D eigenvalue weighted by Crippen LogP contribution is -2.42. The summed E-state index contributed by atoms with van der Waals surface area (Å²) in [6, 6.07) is 6.22. The average molecular weight is 265 g/mol. The van der Waals surface area contributed by atoms with E-state index in [0.717, 1.165) is 24.8 Å². The van der Waals surface area contributed by atoms with Crippen molar-refractivity contribution in [3.63, 3.8) is 0 Å². The van der Waals surface area contributed by atoms with E-state index in [1.165, 1.54) is 19.2 Å². The molecular formula is C15H20FNO2. The van der Waals surface area contributed by atoms with E-state index in [-0.39, 0.29) is 18.3 Å². The molecule has 0 aliphatic heterocycles. The Kier molecular flexibility index (Phi) is 4.20. The second-order valence-corrected chi connectivity index (χ2v) is 5.43. The molecule has 0 radical (unpaired) electrons. The minimum atomic E-state index is -0.673. The van der Waals surface area contributed by atoms with Crippen LogP contribution < -0.4 is 5.73 Å². The van der Waals surface area contributed by atoms with Gasteiger partial charge in [0.1, 0.15) is 5.82 Å². The zero-order valence-corrected chi connectivity index (χ0v) is 11.2. The molecule has 0 amide bonds. The molecule has 0 aromatic heterocycles. The number of hydrogen-bond donors (Lipinski definition) is 1. The number of carbonyl (C=O) groups excluding carboxylic acids is 1. The number of hydrogen-bond acceptors (Lipinski definition) is 3. The zero-order chi connectivity index (χ0) is 13.9. The normalized spacial score (nSPS) is 17.8. The fourth-order valence-corrected chi connectivity index (χ4v) is 2.55. The van der Waals surface area contributed by atoms with Gasteiger partial charge in [-0.05, 0) is 36.5 Å². The molecule has 1 aliphatic carbocycles. The highest BCUT2D eigenvalue weighted by atomic mass is 19.1. The zero-order valence-electron chi connectivity index (χ0n) is 11.2. The van der Waals surface area contributed by atoms with Crippen LogP contribution in [0, 0.1) is 17.2 Å². The number of rotatable bonds is 6. The van der Waals surface area contributed by atoms with Crippen LogP contribution in [0.4, 0.5) is 4.39 Å². The van der Waals surface area contributed by atoms with E-state index in [1.54, 1.807) is 12.1 Å². The number of halogens is 1. The predicted octanol–water partition coefficient (Wildman–Crippen LogP) is 2.29.